The Morgan fingerprint density at radius 3 is 2.56 bits per heavy atom. The molecule has 0 atom stereocenters. The second kappa shape index (κ2) is 7.70. The highest BCUT2D eigenvalue weighted by Gasteiger charge is 2.41. The van der Waals surface area contributed by atoms with Gasteiger partial charge in [-0.1, -0.05) is 29.3 Å². The molecule has 2 fully saturated rings. The van der Waals surface area contributed by atoms with Crippen LogP contribution in [0.25, 0.3) is 0 Å². The number of piperidine rings is 1. The molecule has 0 aliphatic carbocycles. The van der Waals surface area contributed by atoms with E-state index in [9.17, 15) is 4.79 Å². The number of carbonyl (C=O) groups is 1. The zero-order chi connectivity index (χ0) is 18.0. The molecule has 0 saturated carbocycles. The molecular weight excluding hydrogens is 359 g/mol. The van der Waals surface area contributed by atoms with Gasteiger partial charge in [0.25, 0.3) is 0 Å². The van der Waals surface area contributed by atoms with Gasteiger partial charge in [-0.05, 0) is 44.6 Å². The van der Waals surface area contributed by atoms with Crippen molar-refractivity contribution in [1.82, 2.24) is 20.0 Å². The molecule has 1 aromatic carbocycles. The lowest BCUT2D eigenvalue weighted by molar-refractivity contribution is -0.0119. The number of urea groups is 1. The van der Waals surface area contributed by atoms with Crippen molar-refractivity contribution in [2.75, 3.05) is 46.8 Å². The van der Waals surface area contributed by atoms with Gasteiger partial charge in [0.15, 0.2) is 0 Å². The minimum atomic E-state index is -0.0207. The molecule has 0 bridgehead atoms. The first-order valence-corrected chi connectivity index (χ1v) is 9.52. The summed E-state index contributed by atoms with van der Waals surface area (Å²) in [6, 6.07) is 5.32. The van der Waals surface area contributed by atoms with E-state index in [0.717, 1.165) is 51.1 Å². The van der Waals surface area contributed by atoms with Gasteiger partial charge >= 0.3 is 6.03 Å². The third-order valence-electron chi connectivity index (χ3n) is 5.62. The van der Waals surface area contributed by atoms with Crippen molar-refractivity contribution in [3.63, 3.8) is 0 Å². The highest BCUT2D eigenvalue weighted by Crippen LogP contribution is 2.31. The van der Waals surface area contributed by atoms with Gasteiger partial charge in [-0.2, -0.15) is 0 Å². The first-order valence-electron chi connectivity index (χ1n) is 8.76. The van der Waals surface area contributed by atoms with E-state index in [0.29, 0.717) is 16.6 Å². The molecule has 7 heteroatoms. The molecule has 5 nitrogen and oxygen atoms in total. The van der Waals surface area contributed by atoms with Crippen LogP contribution < -0.4 is 5.32 Å². The fraction of sp³-hybridized carbons (Fsp3) is 0.611. The first kappa shape index (κ1) is 18.8. The number of carbonyl (C=O) groups excluding carboxylic acids is 1. The molecule has 3 rings (SSSR count). The van der Waals surface area contributed by atoms with Crippen molar-refractivity contribution in [3.8, 4) is 0 Å². The van der Waals surface area contributed by atoms with Crippen LogP contribution in [0.5, 0.6) is 0 Å². The van der Waals surface area contributed by atoms with E-state index in [-0.39, 0.29) is 11.6 Å². The molecule has 1 N–H and O–H groups in total. The lowest BCUT2D eigenvalue weighted by atomic mass is 9.84. The number of hydrogen-bond acceptors (Lipinski definition) is 3. The average molecular weight is 385 g/mol. The van der Waals surface area contributed by atoms with Crippen LogP contribution in [0.15, 0.2) is 18.2 Å². The Bertz CT molecular complexity index is 632. The largest absolute Gasteiger partial charge is 0.334 e. The number of piperazine rings is 1. The normalized spacial score (nSPS) is 21.5. The predicted octanol–water partition coefficient (Wildman–Crippen LogP) is 2.91. The molecular formula is C18H26Cl2N4O. The summed E-state index contributed by atoms with van der Waals surface area (Å²) in [6.07, 6.45) is 2.03. The summed E-state index contributed by atoms with van der Waals surface area (Å²) in [7, 11) is 4.40. The number of nitrogens with zero attached hydrogens (tertiary/aromatic N) is 3. The molecule has 138 valence electrons. The molecule has 0 unspecified atom stereocenters. The van der Waals surface area contributed by atoms with Crippen LogP contribution in [0.1, 0.15) is 18.4 Å². The third kappa shape index (κ3) is 4.22. The number of hydrogen-bond donors (Lipinski definition) is 1. The summed E-state index contributed by atoms with van der Waals surface area (Å²) in [5, 5.41) is 4.16. The number of benzene rings is 1. The van der Waals surface area contributed by atoms with Crippen molar-refractivity contribution < 1.29 is 4.79 Å². The maximum absolute atomic E-state index is 12.5. The first-order chi connectivity index (χ1) is 11.9. The highest BCUT2D eigenvalue weighted by molar-refractivity contribution is 6.35. The molecule has 0 aromatic heterocycles. The summed E-state index contributed by atoms with van der Waals surface area (Å²) in [4.78, 5) is 19.3. The Hall–Kier alpha value is -1.01. The second-order valence-corrected chi connectivity index (χ2v) is 8.11. The number of likely N-dealkylation sites (N-methyl/N-ethyl adjacent to an activating group) is 2. The quantitative estimate of drug-likeness (QED) is 0.851. The summed E-state index contributed by atoms with van der Waals surface area (Å²) in [5.74, 6) is 0. The van der Waals surface area contributed by atoms with Crippen molar-refractivity contribution in [3.05, 3.63) is 33.8 Å². The van der Waals surface area contributed by atoms with E-state index in [1.165, 1.54) is 0 Å². The van der Waals surface area contributed by atoms with Crippen LogP contribution in [0, 0.1) is 0 Å². The molecule has 0 radical (unpaired) electrons. The summed E-state index contributed by atoms with van der Waals surface area (Å²) >= 11 is 12.1. The summed E-state index contributed by atoms with van der Waals surface area (Å²) < 4.78 is 0. The molecule has 2 aliphatic heterocycles. The monoisotopic (exact) mass is 384 g/mol. The average Bonchev–Trinajstić information content (AvgIpc) is 2.58. The SMILES string of the molecule is CN1CCN(C)C2(CCN(C(=O)NCc3ccc(Cl)cc3Cl)CC2)C1. The van der Waals surface area contributed by atoms with E-state index < -0.39 is 0 Å². The number of halogens is 2. The van der Waals surface area contributed by atoms with Gasteiger partial charge in [0, 0.05) is 54.9 Å². The fourth-order valence-electron chi connectivity index (χ4n) is 3.87. The predicted molar refractivity (Wildman–Crippen MR) is 102 cm³/mol. The molecule has 25 heavy (non-hydrogen) atoms. The van der Waals surface area contributed by atoms with Gasteiger partial charge in [-0.15, -0.1) is 0 Å². The maximum atomic E-state index is 12.5. The Kier molecular flexibility index (Phi) is 5.78. The minimum absolute atomic E-state index is 0.0207. The second-order valence-electron chi connectivity index (χ2n) is 7.27. The summed E-state index contributed by atoms with van der Waals surface area (Å²) in [5.41, 5.74) is 1.09. The van der Waals surface area contributed by atoms with Crippen LogP contribution in [0.4, 0.5) is 4.79 Å². The Balaban J connectivity index is 1.53. The Morgan fingerprint density at radius 2 is 1.88 bits per heavy atom. The lowest BCUT2D eigenvalue weighted by Gasteiger charge is -2.52. The van der Waals surface area contributed by atoms with E-state index in [2.05, 4.69) is 29.2 Å². The number of likely N-dealkylation sites (tertiary alicyclic amines) is 1. The maximum Gasteiger partial charge on any atom is 0.317 e. The molecule has 2 heterocycles. The van der Waals surface area contributed by atoms with Gasteiger partial charge < -0.3 is 15.1 Å². The van der Waals surface area contributed by atoms with Gasteiger partial charge in [-0.3, -0.25) is 4.90 Å². The fourth-order valence-corrected chi connectivity index (χ4v) is 4.35. The Morgan fingerprint density at radius 1 is 1.16 bits per heavy atom. The third-order valence-corrected chi connectivity index (χ3v) is 6.20. The van der Waals surface area contributed by atoms with Crippen molar-refractivity contribution in [2.45, 2.75) is 24.9 Å². The van der Waals surface area contributed by atoms with Crippen LogP contribution in [0.3, 0.4) is 0 Å². The topological polar surface area (TPSA) is 38.8 Å². The van der Waals surface area contributed by atoms with Crippen LogP contribution >= 0.6 is 23.2 Å². The van der Waals surface area contributed by atoms with Crippen LogP contribution in [-0.4, -0.2) is 73.1 Å². The molecule has 2 saturated heterocycles. The molecule has 2 amide bonds. The molecule has 1 aromatic rings. The van der Waals surface area contributed by atoms with Gasteiger partial charge in [0.1, 0.15) is 0 Å². The van der Waals surface area contributed by atoms with E-state index >= 15 is 0 Å². The van der Waals surface area contributed by atoms with Crippen molar-refractivity contribution in [2.24, 2.45) is 0 Å². The minimum Gasteiger partial charge on any atom is -0.334 e. The van der Waals surface area contributed by atoms with E-state index in [1.807, 2.05) is 11.0 Å². The smallest absolute Gasteiger partial charge is 0.317 e. The zero-order valence-electron chi connectivity index (χ0n) is 14.9. The van der Waals surface area contributed by atoms with Gasteiger partial charge in [0.2, 0.25) is 0 Å². The van der Waals surface area contributed by atoms with Gasteiger partial charge in [0.05, 0.1) is 0 Å². The molecule has 2 aliphatic rings. The number of nitrogens with one attached hydrogen (secondary N) is 1. The number of amides is 2. The number of rotatable bonds is 2. The van der Waals surface area contributed by atoms with E-state index in [4.69, 9.17) is 23.2 Å². The van der Waals surface area contributed by atoms with Gasteiger partial charge in [-0.25, -0.2) is 4.79 Å². The summed E-state index contributed by atoms with van der Waals surface area (Å²) in [6.45, 7) is 5.29. The van der Waals surface area contributed by atoms with Crippen LogP contribution in [-0.2, 0) is 6.54 Å². The Labute approximate surface area is 159 Å². The zero-order valence-corrected chi connectivity index (χ0v) is 16.4. The van der Waals surface area contributed by atoms with Crippen molar-refractivity contribution in [1.29, 1.82) is 0 Å². The standard InChI is InChI=1S/C18H26Cl2N4O/c1-22-9-10-23(2)18(13-22)5-7-24(8-6-18)17(25)21-12-14-3-4-15(19)11-16(14)20/h3-4,11H,5-10,12-13H2,1-2H3,(H,21,25). The highest BCUT2D eigenvalue weighted by atomic mass is 35.5. The van der Waals surface area contributed by atoms with Crippen molar-refractivity contribution >= 4 is 29.2 Å². The lowest BCUT2D eigenvalue weighted by Crippen LogP contribution is -2.64. The molecule has 1 spiro atoms. The van der Waals surface area contributed by atoms with Crippen LogP contribution in [0.2, 0.25) is 10.0 Å². The van der Waals surface area contributed by atoms with E-state index in [1.54, 1.807) is 12.1 Å².